The van der Waals surface area contributed by atoms with Gasteiger partial charge >= 0.3 is 0 Å². The molecule has 19 heavy (non-hydrogen) atoms. The highest BCUT2D eigenvalue weighted by Gasteiger charge is 2.08. The minimum absolute atomic E-state index is 0.741. The Hall–Kier alpha value is -1.32. The summed E-state index contributed by atoms with van der Waals surface area (Å²) in [5, 5.41) is 4.07. The molecular formula is C15H19ClN2O. The number of oxazole rings is 1. The number of nitrogens with zero attached hydrogens (tertiary/aromatic N) is 1. The molecule has 0 amide bonds. The number of aromatic nitrogens is 1. The van der Waals surface area contributed by atoms with E-state index in [-0.39, 0.29) is 0 Å². The van der Waals surface area contributed by atoms with Gasteiger partial charge in [-0.2, -0.15) is 0 Å². The second-order valence-corrected chi connectivity index (χ2v) is 5.01. The normalized spacial score (nSPS) is 10.9. The molecule has 2 rings (SSSR count). The van der Waals surface area contributed by atoms with Gasteiger partial charge in [0.05, 0.1) is 6.20 Å². The first kappa shape index (κ1) is 14.1. The SMILES string of the molecule is CCCNCCc1ncc(-c2ccc(Cl)cc2C)o1. The lowest BCUT2D eigenvalue weighted by atomic mass is 10.1. The van der Waals surface area contributed by atoms with Crippen LogP contribution in [0.25, 0.3) is 11.3 Å². The van der Waals surface area contributed by atoms with E-state index in [0.29, 0.717) is 0 Å². The van der Waals surface area contributed by atoms with E-state index in [1.54, 1.807) is 6.20 Å². The van der Waals surface area contributed by atoms with E-state index in [1.807, 2.05) is 25.1 Å². The van der Waals surface area contributed by atoms with Crippen molar-refractivity contribution in [2.75, 3.05) is 13.1 Å². The van der Waals surface area contributed by atoms with Crippen molar-refractivity contribution >= 4 is 11.6 Å². The van der Waals surface area contributed by atoms with Gasteiger partial charge in [-0.1, -0.05) is 18.5 Å². The number of hydrogen-bond acceptors (Lipinski definition) is 3. The smallest absolute Gasteiger partial charge is 0.196 e. The summed E-state index contributed by atoms with van der Waals surface area (Å²) in [6.07, 6.45) is 3.73. The third kappa shape index (κ3) is 3.82. The van der Waals surface area contributed by atoms with Crippen molar-refractivity contribution in [3.63, 3.8) is 0 Å². The van der Waals surface area contributed by atoms with Crippen molar-refractivity contribution in [3.8, 4) is 11.3 Å². The van der Waals surface area contributed by atoms with Gasteiger partial charge in [0.1, 0.15) is 0 Å². The Balaban J connectivity index is 2.04. The molecule has 0 aliphatic carbocycles. The molecule has 0 aliphatic rings. The lowest BCUT2D eigenvalue weighted by Crippen LogP contribution is -2.17. The van der Waals surface area contributed by atoms with Crippen molar-refractivity contribution < 1.29 is 4.42 Å². The zero-order valence-electron chi connectivity index (χ0n) is 11.4. The average Bonchev–Trinajstić information content (AvgIpc) is 2.83. The fraction of sp³-hybridized carbons (Fsp3) is 0.400. The van der Waals surface area contributed by atoms with Gasteiger partial charge in [0, 0.05) is 23.6 Å². The Kier molecular flexibility index (Phi) is 5.00. The summed E-state index contributed by atoms with van der Waals surface area (Å²) in [5.41, 5.74) is 2.14. The van der Waals surface area contributed by atoms with Gasteiger partial charge < -0.3 is 9.73 Å². The Bertz CT molecular complexity index is 537. The maximum atomic E-state index is 5.95. The van der Waals surface area contributed by atoms with Gasteiger partial charge in [-0.05, 0) is 43.7 Å². The summed E-state index contributed by atoms with van der Waals surface area (Å²) < 4.78 is 5.78. The van der Waals surface area contributed by atoms with Gasteiger partial charge in [0.25, 0.3) is 0 Å². The van der Waals surface area contributed by atoms with Gasteiger partial charge in [-0.25, -0.2) is 4.98 Å². The second kappa shape index (κ2) is 6.73. The topological polar surface area (TPSA) is 38.1 Å². The largest absolute Gasteiger partial charge is 0.441 e. The molecule has 0 atom stereocenters. The molecule has 0 saturated heterocycles. The Morgan fingerprint density at radius 1 is 1.32 bits per heavy atom. The van der Waals surface area contributed by atoms with Crippen molar-refractivity contribution in [1.82, 2.24) is 10.3 Å². The highest BCUT2D eigenvalue weighted by atomic mass is 35.5. The maximum Gasteiger partial charge on any atom is 0.196 e. The number of nitrogens with one attached hydrogen (secondary N) is 1. The van der Waals surface area contributed by atoms with Gasteiger partial charge in [-0.3, -0.25) is 0 Å². The van der Waals surface area contributed by atoms with Crippen molar-refractivity contribution in [3.05, 3.63) is 40.9 Å². The van der Waals surface area contributed by atoms with Crippen LogP contribution in [0.2, 0.25) is 5.02 Å². The minimum atomic E-state index is 0.741. The molecule has 3 nitrogen and oxygen atoms in total. The zero-order chi connectivity index (χ0) is 13.7. The number of rotatable bonds is 6. The summed E-state index contributed by atoms with van der Waals surface area (Å²) in [7, 11) is 0. The minimum Gasteiger partial charge on any atom is -0.441 e. The fourth-order valence-corrected chi connectivity index (χ4v) is 2.18. The lowest BCUT2D eigenvalue weighted by molar-refractivity contribution is 0.494. The van der Waals surface area contributed by atoms with Crippen LogP contribution in [0.3, 0.4) is 0 Å². The molecule has 0 spiro atoms. The fourth-order valence-electron chi connectivity index (χ4n) is 1.95. The molecule has 0 radical (unpaired) electrons. The third-order valence-corrected chi connectivity index (χ3v) is 3.18. The number of benzene rings is 1. The molecule has 1 aromatic heterocycles. The molecule has 0 fully saturated rings. The van der Waals surface area contributed by atoms with E-state index in [9.17, 15) is 0 Å². The first-order valence-corrected chi connectivity index (χ1v) is 7.00. The predicted molar refractivity (Wildman–Crippen MR) is 78.6 cm³/mol. The van der Waals surface area contributed by atoms with Crippen LogP contribution in [0.15, 0.2) is 28.8 Å². The van der Waals surface area contributed by atoms with Crippen LogP contribution in [0.5, 0.6) is 0 Å². The summed E-state index contributed by atoms with van der Waals surface area (Å²) in [6.45, 7) is 6.10. The Morgan fingerprint density at radius 3 is 2.89 bits per heavy atom. The van der Waals surface area contributed by atoms with Crippen molar-refractivity contribution in [1.29, 1.82) is 0 Å². The van der Waals surface area contributed by atoms with E-state index in [4.69, 9.17) is 16.0 Å². The lowest BCUT2D eigenvalue weighted by Gasteiger charge is -2.02. The molecule has 0 bridgehead atoms. The summed E-state index contributed by atoms with van der Waals surface area (Å²) >= 11 is 5.95. The zero-order valence-corrected chi connectivity index (χ0v) is 12.1. The van der Waals surface area contributed by atoms with E-state index in [1.165, 1.54) is 0 Å². The van der Waals surface area contributed by atoms with Crippen molar-refractivity contribution in [2.24, 2.45) is 0 Å². The molecule has 102 valence electrons. The predicted octanol–water partition coefficient (Wildman–Crippen LogP) is 3.85. The molecular weight excluding hydrogens is 260 g/mol. The molecule has 4 heteroatoms. The van der Waals surface area contributed by atoms with E-state index >= 15 is 0 Å². The van der Waals surface area contributed by atoms with Crippen LogP contribution >= 0.6 is 11.6 Å². The first-order valence-electron chi connectivity index (χ1n) is 6.62. The van der Waals surface area contributed by atoms with Gasteiger partial charge in [0.15, 0.2) is 11.7 Å². The summed E-state index contributed by atoms with van der Waals surface area (Å²) in [6, 6.07) is 5.77. The molecule has 2 aromatic rings. The highest BCUT2D eigenvalue weighted by Crippen LogP contribution is 2.26. The third-order valence-electron chi connectivity index (χ3n) is 2.95. The summed E-state index contributed by atoms with van der Waals surface area (Å²) in [4.78, 5) is 4.31. The van der Waals surface area contributed by atoms with Gasteiger partial charge in [0.2, 0.25) is 0 Å². The molecule has 0 unspecified atom stereocenters. The Labute approximate surface area is 119 Å². The molecule has 1 N–H and O–H groups in total. The molecule has 0 saturated carbocycles. The second-order valence-electron chi connectivity index (χ2n) is 4.58. The number of aryl methyl sites for hydroxylation is 1. The molecule has 1 aromatic carbocycles. The van der Waals surface area contributed by atoms with Crippen molar-refractivity contribution in [2.45, 2.75) is 26.7 Å². The average molecular weight is 279 g/mol. The summed E-state index contributed by atoms with van der Waals surface area (Å²) in [5.74, 6) is 1.58. The van der Waals surface area contributed by atoms with Crippen LogP contribution in [-0.4, -0.2) is 18.1 Å². The maximum absolute atomic E-state index is 5.95. The number of hydrogen-bond donors (Lipinski definition) is 1. The van der Waals surface area contributed by atoms with Gasteiger partial charge in [-0.15, -0.1) is 0 Å². The van der Waals surface area contributed by atoms with Crippen LogP contribution in [0.4, 0.5) is 0 Å². The van der Waals surface area contributed by atoms with Crippen LogP contribution in [0, 0.1) is 6.92 Å². The first-order chi connectivity index (χ1) is 9.20. The molecule has 0 aliphatic heterocycles. The van der Waals surface area contributed by atoms with E-state index in [0.717, 1.165) is 53.7 Å². The van der Waals surface area contributed by atoms with Crippen LogP contribution in [-0.2, 0) is 6.42 Å². The van der Waals surface area contributed by atoms with E-state index in [2.05, 4.69) is 17.2 Å². The van der Waals surface area contributed by atoms with E-state index < -0.39 is 0 Å². The Morgan fingerprint density at radius 2 is 2.16 bits per heavy atom. The highest BCUT2D eigenvalue weighted by molar-refractivity contribution is 6.30. The van der Waals surface area contributed by atoms with Crippen LogP contribution < -0.4 is 5.32 Å². The monoisotopic (exact) mass is 278 g/mol. The quantitative estimate of drug-likeness (QED) is 0.816. The number of halogens is 1. The standard InChI is InChI=1S/C15H19ClN2O/c1-3-7-17-8-6-15-18-10-14(19-15)13-5-4-12(16)9-11(13)2/h4-5,9-10,17H,3,6-8H2,1-2H3. The van der Waals surface area contributed by atoms with Crippen LogP contribution in [0.1, 0.15) is 24.8 Å². The molecule has 1 heterocycles.